The van der Waals surface area contributed by atoms with Gasteiger partial charge in [-0.25, -0.2) is 0 Å². The minimum atomic E-state index is 0.456. The maximum absolute atomic E-state index is 5.42. The number of anilines is 2. The lowest BCUT2D eigenvalue weighted by Gasteiger charge is -2.03. The van der Waals surface area contributed by atoms with Gasteiger partial charge in [0.15, 0.2) is 0 Å². The standard InChI is InChI=1S/C9H16N4S/c1-14-7-3-2-6-11-9-5-4-8(10)12-13-9/h4-5H,2-3,6-7H2,1H3,(H2,10,12)(H,11,13). The van der Waals surface area contributed by atoms with Gasteiger partial charge in [0, 0.05) is 6.54 Å². The number of nitrogens with two attached hydrogens (primary N) is 1. The van der Waals surface area contributed by atoms with Crippen LogP contribution >= 0.6 is 11.8 Å². The average molecular weight is 212 g/mol. The van der Waals surface area contributed by atoms with E-state index in [-0.39, 0.29) is 0 Å². The molecular weight excluding hydrogens is 196 g/mol. The highest BCUT2D eigenvalue weighted by Crippen LogP contribution is 2.04. The Morgan fingerprint density at radius 2 is 2.21 bits per heavy atom. The number of thioether (sulfide) groups is 1. The largest absolute Gasteiger partial charge is 0.382 e. The summed E-state index contributed by atoms with van der Waals surface area (Å²) in [7, 11) is 0. The third-order valence-corrected chi connectivity index (χ3v) is 2.46. The van der Waals surface area contributed by atoms with Crippen molar-refractivity contribution in [2.45, 2.75) is 12.8 Å². The van der Waals surface area contributed by atoms with E-state index in [4.69, 9.17) is 5.73 Å². The number of nitrogens with zero attached hydrogens (tertiary/aromatic N) is 2. The zero-order chi connectivity index (χ0) is 10.2. The summed E-state index contributed by atoms with van der Waals surface area (Å²) >= 11 is 1.88. The summed E-state index contributed by atoms with van der Waals surface area (Å²) < 4.78 is 0. The summed E-state index contributed by atoms with van der Waals surface area (Å²) in [5, 5.41) is 10.9. The monoisotopic (exact) mass is 212 g/mol. The van der Waals surface area contributed by atoms with Gasteiger partial charge in [-0.05, 0) is 37.0 Å². The van der Waals surface area contributed by atoms with Gasteiger partial charge in [0.25, 0.3) is 0 Å². The number of rotatable bonds is 6. The van der Waals surface area contributed by atoms with Crippen molar-refractivity contribution in [1.82, 2.24) is 10.2 Å². The van der Waals surface area contributed by atoms with Crippen LogP contribution in [0, 0.1) is 0 Å². The van der Waals surface area contributed by atoms with Crippen LogP contribution in [0.1, 0.15) is 12.8 Å². The minimum Gasteiger partial charge on any atom is -0.382 e. The first-order valence-corrected chi connectivity index (χ1v) is 6.04. The van der Waals surface area contributed by atoms with Crippen LogP contribution in [0.25, 0.3) is 0 Å². The van der Waals surface area contributed by atoms with Crippen LogP contribution in [-0.2, 0) is 0 Å². The zero-order valence-electron chi connectivity index (χ0n) is 8.36. The van der Waals surface area contributed by atoms with Gasteiger partial charge in [0.2, 0.25) is 0 Å². The van der Waals surface area contributed by atoms with Crippen LogP contribution in [0.5, 0.6) is 0 Å². The fraction of sp³-hybridized carbons (Fsp3) is 0.556. The topological polar surface area (TPSA) is 63.8 Å². The first kappa shape index (κ1) is 11.1. The summed E-state index contributed by atoms with van der Waals surface area (Å²) in [6.45, 7) is 0.944. The molecule has 14 heavy (non-hydrogen) atoms. The predicted molar refractivity (Wildman–Crippen MR) is 62.6 cm³/mol. The molecule has 0 aromatic carbocycles. The van der Waals surface area contributed by atoms with E-state index in [0.717, 1.165) is 18.8 Å². The molecule has 1 aromatic heterocycles. The Morgan fingerprint density at radius 3 is 2.86 bits per heavy atom. The van der Waals surface area contributed by atoms with E-state index in [2.05, 4.69) is 21.8 Å². The molecule has 0 aliphatic carbocycles. The summed E-state index contributed by atoms with van der Waals surface area (Å²) in [6, 6.07) is 3.59. The second kappa shape index (κ2) is 6.48. The number of hydrogen-bond acceptors (Lipinski definition) is 5. The third kappa shape index (κ3) is 4.32. The van der Waals surface area contributed by atoms with Crippen molar-refractivity contribution in [2.75, 3.05) is 29.6 Å². The number of aromatic nitrogens is 2. The molecule has 5 heteroatoms. The fourth-order valence-electron chi connectivity index (χ4n) is 1.02. The van der Waals surface area contributed by atoms with Crippen LogP contribution in [0.4, 0.5) is 11.6 Å². The average Bonchev–Trinajstić information content (AvgIpc) is 2.21. The van der Waals surface area contributed by atoms with E-state index in [1.54, 1.807) is 6.07 Å². The van der Waals surface area contributed by atoms with Gasteiger partial charge in [0.05, 0.1) is 0 Å². The van der Waals surface area contributed by atoms with Crippen molar-refractivity contribution in [1.29, 1.82) is 0 Å². The molecule has 0 atom stereocenters. The van der Waals surface area contributed by atoms with Crippen molar-refractivity contribution >= 4 is 23.4 Å². The highest BCUT2D eigenvalue weighted by molar-refractivity contribution is 7.98. The third-order valence-electron chi connectivity index (χ3n) is 1.77. The van der Waals surface area contributed by atoms with Crippen molar-refractivity contribution < 1.29 is 0 Å². The van der Waals surface area contributed by atoms with Crippen molar-refractivity contribution in [3.63, 3.8) is 0 Å². The van der Waals surface area contributed by atoms with E-state index < -0.39 is 0 Å². The van der Waals surface area contributed by atoms with E-state index in [1.807, 2.05) is 17.8 Å². The summed E-state index contributed by atoms with van der Waals surface area (Å²) in [4.78, 5) is 0. The smallest absolute Gasteiger partial charge is 0.148 e. The van der Waals surface area contributed by atoms with Gasteiger partial charge in [-0.2, -0.15) is 11.8 Å². The molecule has 78 valence electrons. The summed E-state index contributed by atoms with van der Waals surface area (Å²) in [6.07, 6.45) is 4.52. The molecule has 3 N–H and O–H groups in total. The van der Waals surface area contributed by atoms with E-state index in [9.17, 15) is 0 Å². The summed E-state index contributed by atoms with van der Waals surface area (Å²) in [5.41, 5.74) is 5.42. The molecular formula is C9H16N4S. The fourth-order valence-corrected chi connectivity index (χ4v) is 1.52. The van der Waals surface area contributed by atoms with Crippen LogP contribution in [0.3, 0.4) is 0 Å². The number of hydrogen-bond donors (Lipinski definition) is 2. The maximum atomic E-state index is 5.42. The Morgan fingerprint density at radius 1 is 1.36 bits per heavy atom. The lowest BCUT2D eigenvalue weighted by molar-refractivity contribution is 0.835. The lowest BCUT2D eigenvalue weighted by atomic mass is 10.3. The van der Waals surface area contributed by atoms with Crippen LogP contribution in [-0.4, -0.2) is 28.8 Å². The predicted octanol–water partition coefficient (Wildman–Crippen LogP) is 1.61. The molecule has 0 spiro atoms. The maximum Gasteiger partial charge on any atom is 0.148 e. The molecule has 1 aromatic rings. The minimum absolute atomic E-state index is 0.456. The Bertz CT molecular complexity index is 249. The number of nitrogens with one attached hydrogen (secondary N) is 1. The Labute approximate surface area is 88.7 Å². The molecule has 0 amide bonds. The normalized spacial score (nSPS) is 10.1. The van der Waals surface area contributed by atoms with Gasteiger partial charge in [0.1, 0.15) is 11.6 Å². The molecule has 1 rings (SSSR count). The number of unbranched alkanes of at least 4 members (excludes halogenated alkanes) is 1. The molecule has 4 nitrogen and oxygen atoms in total. The molecule has 0 aliphatic rings. The molecule has 0 fully saturated rings. The SMILES string of the molecule is CSCCCCNc1ccc(N)nn1. The zero-order valence-corrected chi connectivity index (χ0v) is 9.18. The molecule has 0 bridgehead atoms. The van der Waals surface area contributed by atoms with Gasteiger partial charge in [-0.1, -0.05) is 0 Å². The van der Waals surface area contributed by atoms with Crippen LogP contribution in [0.2, 0.25) is 0 Å². The molecule has 1 heterocycles. The van der Waals surface area contributed by atoms with E-state index in [1.165, 1.54) is 12.2 Å². The summed E-state index contributed by atoms with van der Waals surface area (Å²) in [5.74, 6) is 2.47. The van der Waals surface area contributed by atoms with Crippen LogP contribution in [0.15, 0.2) is 12.1 Å². The Hall–Kier alpha value is -0.970. The molecule has 0 radical (unpaired) electrons. The second-order valence-corrected chi connectivity index (χ2v) is 3.96. The first-order valence-electron chi connectivity index (χ1n) is 4.65. The first-order chi connectivity index (χ1) is 6.83. The van der Waals surface area contributed by atoms with E-state index >= 15 is 0 Å². The van der Waals surface area contributed by atoms with Crippen molar-refractivity contribution in [3.8, 4) is 0 Å². The Balaban J connectivity index is 2.15. The molecule has 0 saturated heterocycles. The van der Waals surface area contributed by atoms with Crippen molar-refractivity contribution in [2.24, 2.45) is 0 Å². The quantitative estimate of drug-likeness (QED) is 0.701. The van der Waals surface area contributed by atoms with Gasteiger partial charge >= 0.3 is 0 Å². The van der Waals surface area contributed by atoms with E-state index in [0.29, 0.717) is 5.82 Å². The highest BCUT2D eigenvalue weighted by Gasteiger charge is 1.93. The molecule has 0 unspecified atom stereocenters. The van der Waals surface area contributed by atoms with Crippen molar-refractivity contribution in [3.05, 3.63) is 12.1 Å². The highest BCUT2D eigenvalue weighted by atomic mass is 32.2. The Kier molecular flexibility index (Phi) is 5.14. The van der Waals surface area contributed by atoms with Gasteiger partial charge < -0.3 is 11.1 Å². The molecule has 0 saturated carbocycles. The lowest BCUT2D eigenvalue weighted by Crippen LogP contribution is -2.05. The number of nitrogen functional groups attached to an aromatic ring is 1. The molecule has 0 aliphatic heterocycles. The second-order valence-electron chi connectivity index (χ2n) is 2.97. The van der Waals surface area contributed by atoms with Gasteiger partial charge in [-0.15, -0.1) is 10.2 Å². The van der Waals surface area contributed by atoms with Crippen LogP contribution < -0.4 is 11.1 Å². The van der Waals surface area contributed by atoms with Gasteiger partial charge in [-0.3, -0.25) is 0 Å².